The van der Waals surface area contributed by atoms with Crippen LogP contribution >= 0.6 is 39.2 Å². The number of benzene rings is 1. The lowest BCUT2D eigenvalue weighted by atomic mass is 10.2. The average Bonchev–Trinajstić information content (AvgIpc) is 2.64. The van der Waals surface area contributed by atoms with Crippen LogP contribution in [-0.2, 0) is 6.54 Å². The molecule has 0 aliphatic carbocycles. The van der Waals surface area contributed by atoms with Gasteiger partial charge < -0.3 is 5.73 Å². The van der Waals surface area contributed by atoms with Crippen LogP contribution in [0, 0.1) is 6.92 Å². The van der Waals surface area contributed by atoms with Crippen LogP contribution in [0.2, 0.25) is 0 Å². The number of halogens is 1. The molecule has 6 heteroatoms. The number of aryl methyl sites for hydroxylation is 1. The van der Waals surface area contributed by atoms with Crippen LogP contribution in [0.5, 0.6) is 0 Å². The molecule has 0 spiro atoms. The van der Waals surface area contributed by atoms with E-state index >= 15 is 0 Å². The van der Waals surface area contributed by atoms with Crippen molar-refractivity contribution in [3.63, 3.8) is 0 Å². The molecular weight excluding hydrogens is 306 g/mol. The molecule has 1 heterocycles. The second-order valence-electron chi connectivity index (χ2n) is 3.17. The number of nitrogens with two attached hydrogens (primary N) is 1. The molecule has 16 heavy (non-hydrogen) atoms. The highest BCUT2D eigenvalue weighted by Gasteiger charge is 2.07. The monoisotopic (exact) mass is 315 g/mol. The highest BCUT2D eigenvalue weighted by Crippen LogP contribution is 2.33. The third-order valence-corrected chi connectivity index (χ3v) is 4.39. The van der Waals surface area contributed by atoms with Crippen molar-refractivity contribution in [3.05, 3.63) is 34.1 Å². The zero-order valence-electron chi connectivity index (χ0n) is 8.61. The van der Waals surface area contributed by atoms with Gasteiger partial charge in [-0.3, -0.25) is 0 Å². The summed E-state index contributed by atoms with van der Waals surface area (Å²) in [6.45, 7) is 2.43. The molecule has 0 saturated carbocycles. The van der Waals surface area contributed by atoms with Crippen LogP contribution in [0.1, 0.15) is 11.4 Å². The van der Waals surface area contributed by atoms with E-state index in [9.17, 15) is 0 Å². The topological polar surface area (TPSA) is 51.8 Å². The molecule has 0 fully saturated rings. The van der Waals surface area contributed by atoms with Gasteiger partial charge in [0.25, 0.3) is 0 Å². The number of hydrogen-bond donors (Lipinski definition) is 1. The number of hydrogen-bond acceptors (Lipinski definition) is 5. The van der Waals surface area contributed by atoms with Gasteiger partial charge in [0.05, 0.1) is 0 Å². The largest absolute Gasteiger partial charge is 0.326 e. The molecule has 0 amide bonds. The molecule has 1 aromatic carbocycles. The first-order valence-electron chi connectivity index (χ1n) is 4.65. The zero-order valence-corrected chi connectivity index (χ0v) is 11.8. The quantitative estimate of drug-likeness (QED) is 0.944. The van der Waals surface area contributed by atoms with E-state index in [1.807, 2.05) is 19.1 Å². The summed E-state index contributed by atoms with van der Waals surface area (Å²) in [5.74, 6) is 0.816. The Morgan fingerprint density at radius 2 is 2.31 bits per heavy atom. The number of nitrogens with zero attached hydrogens (tertiary/aromatic N) is 2. The minimum atomic E-state index is 0.535. The fourth-order valence-corrected chi connectivity index (χ4v) is 3.51. The van der Waals surface area contributed by atoms with Crippen LogP contribution in [-0.4, -0.2) is 9.36 Å². The summed E-state index contributed by atoms with van der Waals surface area (Å²) in [6.07, 6.45) is 0. The smallest absolute Gasteiger partial charge is 0.174 e. The fourth-order valence-electron chi connectivity index (χ4n) is 1.21. The molecule has 2 aromatic rings. The van der Waals surface area contributed by atoms with E-state index < -0.39 is 0 Å². The van der Waals surface area contributed by atoms with Crippen molar-refractivity contribution in [2.24, 2.45) is 5.73 Å². The minimum Gasteiger partial charge on any atom is -0.326 e. The van der Waals surface area contributed by atoms with Crippen molar-refractivity contribution in [1.29, 1.82) is 0 Å². The Morgan fingerprint density at radius 3 is 2.94 bits per heavy atom. The molecule has 1 aromatic heterocycles. The second-order valence-corrected chi connectivity index (χ2v) is 6.12. The summed E-state index contributed by atoms with van der Waals surface area (Å²) >= 11 is 6.48. The molecule has 0 unspecified atom stereocenters. The lowest BCUT2D eigenvalue weighted by Gasteiger charge is -2.05. The van der Waals surface area contributed by atoms with Crippen molar-refractivity contribution < 1.29 is 0 Å². The summed E-state index contributed by atoms with van der Waals surface area (Å²) < 4.78 is 6.16. The SMILES string of the molecule is Cc1nsc(Sc2cc(Br)ccc2CN)n1. The van der Waals surface area contributed by atoms with Crippen LogP contribution in [0.3, 0.4) is 0 Å². The van der Waals surface area contributed by atoms with Crippen LogP contribution in [0.15, 0.2) is 31.9 Å². The highest BCUT2D eigenvalue weighted by atomic mass is 79.9. The molecule has 0 aliphatic heterocycles. The molecule has 0 radical (unpaired) electrons. The molecule has 84 valence electrons. The first-order chi connectivity index (χ1) is 7.69. The van der Waals surface area contributed by atoms with Crippen molar-refractivity contribution in [3.8, 4) is 0 Å². The van der Waals surface area contributed by atoms with E-state index in [4.69, 9.17) is 5.73 Å². The molecule has 2 N–H and O–H groups in total. The van der Waals surface area contributed by atoms with Crippen LogP contribution in [0.4, 0.5) is 0 Å². The Balaban J connectivity index is 2.29. The van der Waals surface area contributed by atoms with Crippen molar-refractivity contribution in [2.75, 3.05) is 0 Å². The lowest BCUT2D eigenvalue weighted by molar-refractivity contribution is 1.02. The molecule has 2 rings (SSSR count). The van der Waals surface area contributed by atoms with Gasteiger partial charge in [0.2, 0.25) is 0 Å². The minimum absolute atomic E-state index is 0.535. The number of aromatic nitrogens is 2. The Hall–Kier alpha value is -0.430. The Kier molecular flexibility index (Phi) is 3.96. The third kappa shape index (κ3) is 2.82. The van der Waals surface area contributed by atoms with E-state index in [0.717, 1.165) is 25.1 Å². The maximum absolute atomic E-state index is 5.70. The van der Waals surface area contributed by atoms with Gasteiger partial charge in [-0.1, -0.05) is 33.8 Å². The maximum atomic E-state index is 5.70. The second kappa shape index (κ2) is 5.27. The highest BCUT2D eigenvalue weighted by molar-refractivity contribution is 9.10. The van der Waals surface area contributed by atoms with Crippen molar-refractivity contribution in [2.45, 2.75) is 22.7 Å². The Bertz CT molecular complexity index is 499. The van der Waals surface area contributed by atoms with Gasteiger partial charge >= 0.3 is 0 Å². The van der Waals surface area contributed by atoms with Crippen molar-refractivity contribution >= 4 is 39.2 Å². The lowest BCUT2D eigenvalue weighted by Crippen LogP contribution is -1.97. The van der Waals surface area contributed by atoms with E-state index in [2.05, 4.69) is 31.4 Å². The van der Waals surface area contributed by atoms with Gasteiger partial charge in [0, 0.05) is 15.9 Å². The average molecular weight is 316 g/mol. The van der Waals surface area contributed by atoms with Gasteiger partial charge in [-0.05, 0) is 36.2 Å². The first-order valence-corrected chi connectivity index (χ1v) is 7.04. The van der Waals surface area contributed by atoms with Crippen LogP contribution in [0.25, 0.3) is 0 Å². The van der Waals surface area contributed by atoms with Gasteiger partial charge in [-0.25, -0.2) is 4.98 Å². The predicted octanol–water partition coefficient (Wildman–Crippen LogP) is 3.22. The summed E-state index contributed by atoms with van der Waals surface area (Å²) in [7, 11) is 0. The summed E-state index contributed by atoms with van der Waals surface area (Å²) in [5, 5.41) is 0. The molecule has 0 bridgehead atoms. The predicted molar refractivity (Wildman–Crippen MR) is 70.8 cm³/mol. The normalized spacial score (nSPS) is 10.7. The van der Waals surface area contributed by atoms with Gasteiger partial charge in [0.15, 0.2) is 4.34 Å². The fraction of sp³-hybridized carbons (Fsp3) is 0.200. The summed E-state index contributed by atoms with van der Waals surface area (Å²) in [6, 6.07) is 6.08. The number of rotatable bonds is 3. The third-order valence-electron chi connectivity index (χ3n) is 1.96. The molecule has 0 saturated heterocycles. The Morgan fingerprint density at radius 1 is 1.50 bits per heavy atom. The molecule has 0 aliphatic rings. The van der Waals surface area contributed by atoms with Gasteiger partial charge in [0.1, 0.15) is 5.82 Å². The first kappa shape index (κ1) is 12.0. The maximum Gasteiger partial charge on any atom is 0.174 e. The van der Waals surface area contributed by atoms with Gasteiger partial charge in [-0.15, -0.1) is 0 Å². The van der Waals surface area contributed by atoms with E-state index in [1.165, 1.54) is 11.5 Å². The summed E-state index contributed by atoms with van der Waals surface area (Å²) in [5.41, 5.74) is 6.82. The zero-order chi connectivity index (χ0) is 11.5. The van der Waals surface area contributed by atoms with E-state index in [1.54, 1.807) is 11.8 Å². The Labute approximate surface area is 111 Å². The van der Waals surface area contributed by atoms with Crippen LogP contribution < -0.4 is 5.73 Å². The summed E-state index contributed by atoms with van der Waals surface area (Å²) in [4.78, 5) is 5.46. The van der Waals surface area contributed by atoms with Crippen molar-refractivity contribution in [1.82, 2.24) is 9.36 Å². The van der Waals surface area contributed by atoms with E-state index in [-0.39, 0.29) is 0 Å². The molecule has 0 atom stereocenters. The van der Waals surface area contributed by atoms with Gasteiger partial charge in [-0.2, -0.15) is 4.37 Å². The molecule has 3 nitrogen and oxygen atoms in total. The van der Waals surface area contributed by atoms with E-state index in [0.29, 0.717) is 6.54 Å². The standard InChI is InChI=1S/C10H10BrN3S2/c1-6-13-10(16-14-6)15-9-4-8(11)3-2-7(9)5-12/h2-4H,5,12H2,1H3. The molecular formula is C10H10BrN3S2.